The Hall–Kier alpha value is -3.19. The third-order valence-electron chi connectivity index (χ3n) is 5.02. The number of nitrogens with one attached hydrogen (secondary N) is 2. The number of benzene rings is 2. The predicted octanol–water partition coefficient (Wildman–Crippen LogP) is 5.41. The summed E-state index contributed by atoms with van der Waals surface area (Å²) in [4.78, 5) is 17.4. The molecule has 0 aliphatic rings. The number of aryl methyl sites for hydroxylation is 4. The van der Waals surface area contributed by atoms with Crippen LogP contribution >= 0.6 is 11.6 Å². The molecule has 2 N–H and O–H groups in total. The van der Waals surface area contributed by atoms with E-state index < -0.39 is 11.7 Å². The highest BCUT2D eigenvalue weighted by molar-refractivity contribution is 6.30. The first kappa shape index (κ1) is 23.5. The van der Waals surface area contributed by atoms with Gasteiger partial charge in [-0.15, -0.1) is 0 Å². The van der Waals surface area contributed by atoms with Crippen LogP contribution in [0.2, 0.25) is 5.02 Å². The molecule has 0 radical (unpaired) electrons. The van der Waals surface area contributed by atoms with Crippen LogP contribution in [0.25, 0.3) is 0 Å². The third-order valence-corrected chi connectivity index (χ3v) is 5.25. The van der Waals surface area contributed by atoms with Gasteiger partial charge >= 0.3 is 0 Å². The topological polar surface area (TPSA) is 71.3 Å². The molecule has 1 aromatic heterocycles. The van der Waals surface area contributed by atoms with Crippen LogP contribution in [0.5, 0.6) is 0 Å². The van der Waals surface area contributed by atoms with Gasteiger partial charge in [-0.05, 0) is 68.7 Å². The summed E-state index contributed by atoms with van der Waals surface area (Å²) in [5.41, 5.74) is 4.18. The number of hydrogen-bond acceptors (Lipinski definition) is 3. The number of nitrogens with zero attached hydrogens (tertiary/aromatic N) is 3. The van der Waals surface area contributed by atoms with Crippen LogP contribution in [0.15, 0.2) is 47.6 Å². The molecule has 8 heteroatoms. The number of amides is 1. The molecule has 0 bridgehead atoms. The summed E-state index contributed by atoms with van der Waals surface area (Å²) in [7, 11) is 0. The Morgan fingerprint density at radius 2 is 1.94 bits per heavy atom. The van der Waals surface area contributed by atoms with Crippen LogP contribution in [0.4, 0.5) is 10.1 Å². The van der Waals surface area contributed by atoms with E-state index >= 15 is 0 Å². The number of rotatable bonds is 6. The first-order chi connectivity index (χ1) is 15.3. The summed E-state index contributed by atoms with van der Waals surface area (Å²) >= 11 is 6.06. The van der Waals surface area contributed by atoms with Gasteiger partial charge in [-0.25, -0.2) is 9.38 Å². The third kappa shape index (κ3) is 5.95. The lowest BCUT2D eigenvalue weighted by Crippen LogP contribution is -2.36. The summed E-state index contributed by atoms with van der Waals surface area (Å²) in [6.45, 7) is 8.73. The zero-order valence-corrected chi connectivity index (χ0v) is 19.4. The molecular formula is C24H27ClFN5O. The van der Waals surface area contributed by atoms with Gasteiger partial charge in [0.15, 0.2) is 0 Å². The molecule has 1 amide bonds. The average Bonchev–Trinajstić information content (AvgIpc) is 3.09. The molecule has 0 aliphatic heterocycles. The molecule has 0 fully saturated rings. The molecule has 0 saturated heterocycles. The highest BCUT2D eigenvalue weighted by Gasteiger charge is 2.13. The van der Waals surface area contributed by atoms with Gasteiger partial charge in [0, 0.05) is 34.6 Å². The number of aromatic nitrogens is 2. The SMILES string of the molecule is CCCn1cc(CN=C(NC(=O)c2ccc(C)c(F)c2)Nc2ccc(Cl)cc2C)c(C)n1. The molecule has 0 saturated carbocycles. The molecule has 0 spiro atoms. The fraction of sp³-hybridized carbons (Fsp3) is 0.292. The molecule has 6 nitrogen and oxygen atoms in total. The Morgan fingerprint density at radius 3 is 2.62 bits per heavy atom. The Balaban J connectivity index is 1.86. The molecule has 168 valence electrons. The first-order valence-electron chi connectivity index (χ1n) is 10.4. The number of anilines is 1. The largest absolute Gasteiger partial charge is 0.326 e. The van der Waals surface area contributed by atoms with Gasteiger partial charge in [-0.2, -0.15) is 5.10 Å². The van der Waals surface area contributed by atoms with Crippen molar-refractivity contribution in [1.82, 2.24) is 15.1 Å². The van der Waals surface area contributed by atoms with Crippen LogP contribution in [0, 0.1) is 26.6 Å². The smallest absolute Gasteiger partial charge is 0.258 e. The Kier molecular flexibility index (Phi) is 7.64. The van der Waals surface area contributed by atoms with Gasteiger partial charge in [-0.3, -0.25) is 14.8 Å². The van der Waals surface area contributed by atoms with Crippen molar-refractivity contribution >= 4 is 29.2 Å². The number of carbonyl (C=O) groups is 1. The van der Waals surface area contributed by atoms with Crippen LogP contribution in [0.1, 0.15) is 46.1 Å². The van der Waals surface area contributed by atoms with Crippen molar-refractivity contribution in [1.29, 1.82) is 0 Å². The maximum absolute atomic E-state index is 13.9. The van der Waals surface area contributed by atoms with E-state index in [-0.39, 0.29) is 11.5 Å². The minimum Gasteiger partial charge on any atom is -0.326 e. The fourth-order valence-corrected chi connectivity index (χ4v) is 3.37. The molecule has 1 heterocycles. The van der Waals surface area contributed by atoms with Crippen LogP contribution in [0.3, 0.4) is 0 Å². The van der Waals surface area contributed by atoms with Gasteiger partial charge in [-0.1, -0.05) is 24.6 Å². The van der Waals surface area contributed by atoms with E-state index in [1.165, 1.54) is 6.07 Å². The van der Waals surface area contributed by atoms with Crippen molar-refractivity contribution in [3.05, 3.63) is 81.4 Å². The summed E-state index contributed by atoms with van der Waals surface area (Å²) in [6, 6.07) is 9.76. The second-order valence-corrected chi connectivity index (χ2v) is 8.11. The minimum absolute atomic E-state index is 0.211. The van der Waals surface area contributed by atoms with Crippen LogP contribution in [-0.2, 0) is 13.1 Å². The summed E-state index contributed by atoms with van der Waals surface area (Å²) < 4.78 is 15.8. The monoisotopic (exact) mass is 455 g/mol. The zero-order chi connectivity index (χ0) is 23.3. The van der Waals surface area contributed by atoms with Crippen molar-refractivity contribution < 1.29 is 9.18 Å². The van der Waals surface area contributed by atoms with Crippen molar-refractivity contribution in [3.8, 4) is 0 Å². The molecule has 32 heavy (non-hydrogen) atoms. The Bertz CT molecular complexity index is 1160. The number of guanidine groups is 1. The molecule has 2 aromatic carbocycles. The number of carbonyl (C=O) groups excluding carboxylic acids is 1. The van der Waals surface area contributed by atoms with E-state index in [0.29, 0.717) is 17.1 Å². The Labute approximate surface area is 192 Å². The number of halogens is 2. The maximum Gasteiger partial charge on any atom is 0.258 e. The molecule has 0 aliphatic carbocycles. The second kappa shape index (κ2) is 10.4. The standard InChI is InChI=1S/C24H27ClFN5O/c1-5-10-31-14-19(17(4)30-31)13-27-24(28-22-9-8-20(25)11-16(22)3)29-23(32)18-7-6-15(2)21(26)12-18/h6-9,11-12,14H,5,10,13H2,1-4H3,(H2,27,28,29,32). The van der Waals surface area contributed by atoms with Crippen LogP contribution in [-0.4, -0.2) is 21.6 Å². The highest BCUT2D eigenvalue weighted by Crippen LogP contribution is 2.20. The van der Waals surface area contributed by atoms with Gasteiger partial charge in [0.05, 0.1) is 12.2 Å². The fourth-order valence-electron chi connectivity index (χ4n) is 3.14. The van der Waals surface area contributed by atoms with E-state index in [2.05, 4.69) is 27.6 Å². The highest BCUT2D eigenvalue weighted by atomic mass is 35.5. The number of aliphatic imine (C=N–C) groups is 1. The lowest BCUT2D eigenvalue weighted by molar-refractivity contribution is 0.0976. The van der Waals surface area contributed by atoms with Crippen molar-refractivity contribution in [2.75, 3.05) is 5.32 Å². The van der Waals surface area contributed by atoms with Crippen molar-refractivity contribution in [3.63, 3.8) is 0 Å². The quantitative estimate of drug-likeness (QED) is 0.385. The van der Waals surface area contributed by atoms with Gasteiger partial charge in [0.1, 0.15) is 5.82 Å². The second-order valence-electron chi connectivity index (χ2n) is 7.67. The normalized spacial score (nSPS) is 11.5. The summed E-state index contributed by atoms with van der Waals surface area (Å²) in [6.07, 6.45) is 2.94. The maximum atomic E-state index is 13.9. The van der Waals surface area contributed by atoms with Gasteiger partial charge < -0.3 is 5.32 Å². The first-order valence-corrected chi connectivity index (χ1v) is 10.8. The number of hydrogen-bond donors (Lipinski definition) is 2. The van der Waals surface area contributed by atoms with Crippen LogP contribution < -0.4 is 10.6 Å². The minimum atomic E-state index is -0.458. The zero-order valence-electron chi connectivity index (χ0n) is 18.7. The van der Waals surface area contributed by atoms with Crippen molar-refractivity contribution in [2.24, 2.45) is 4.99 Å². The van der Waals surface area contributed by atoms with E-state index in [1.54, 1.807) is 25.1 Å². The van der Waals surface area contributed by atoms with Gasteiger partial charge in [0.25, 0.3) is 5.91 Å². The lowest BCUT2D eigenvalue weighted by Gasteiger charge is -2.14. The summed E-state index contributed by atoms with van der Waals surface area (Å²) in [5, 5.41) is 11.0. The lowest BCUT2D eigenvalue weighted by atomic mass is 10.1. The average molecular weight is 456 g/mol. The predicted molar refractivity (Wildman–Crippen MR) is 127 cm³/mol. The molecule has 3 aromatic rings. The molecule has 0 unspecified atom stereocenters. The van der Waals surface area contributed by atoms with E-state index in [1.807, 2.05) is 36.9 Å². The molecule has 3 rings (SSSR count). The van der Waals surface area contributed by atoms with Gasteiger partial charge in [0.2, 0.25) is 5.96 Å². The Morgan fingerprint density at radius 1 is 1.16 bits per heavy atom. The van der Waals surface area contributed by atoms with E-state index in [4.69, 9.17) is 11.6 Å². The molecular weight excluding hydrogens is 429 g/mol. The van der Waals surface area contributed by atoms with E-state index in [9.17, 15) is 9.18 Å². The molecule has 0 atom stereocenters. The summed E-state index contributed by atoms with van der Waals surface area (Å²) in [5.74, 6) is -0.638. The van der Waals surface area contributed by atoms with E-state index in [0.717, 1.165) is 35.5 Å². The van der Waals surface area contributed by atoms with Crippen molar-refractivity contribution in [2.45, 2.75) is 47.2 Å².